The van der Waals surface area contributed by atoms with Crippen LogP contribution in [0, 0.1) is 5.82 Å². The van der Waals surface area contributed by atoms with Gasteiger partial charge in [0.15, 0.2) is 5.06 Å². The van der Waals surface area contributed by atoms with Crippen LogP contribution >= 0.6 is 11.3 Å². The summed E-state index contributed by atoms with van der Waals surface area (Å²) < 4.78 is 26.0. The number of carbonyl (C=O) groups excluding carboxylic acids is 1. The minimum absolute atomic E-state index is 0.0238. The van der Waals surface area contributed by atoms with E-state index >= 15 is 0 Å². The van der Waals surface area contributed by atoms with Crippen LogP contribution < -0.4 is 15.8 Å². The van der Waals surface area contributed by atoms with E-state index in [4.69, 9.17) is 15.2 Å². The van der Waals surface area contributed by atoms with Crippen molar-refractivity contribution in [3.8, 4) is 5.06 Å². The van der Waals surface area contributed by atoms with Crippen LogP contribution in [0.1, 0.15) is 18.9 Å². The van der Waals surface area contributed by atoms with Crippen LogP contribution in [0.2, 0.25) is 0 Å². The van der Waals surface area contributed by atoms with Crippen molar-refractivity contribution >= 4 is 39.2 Å². The van der Waals surface area contributed by atoms with Gasteiger partial charge in [0.05, 0.1) is 12.1 Å². The van der Waals surface area contributed by atoms with Crippen molar-refractivity contribution in [1.82, 2.24) is 0 Å². The van der Waals surface area contributed by atoms with Gasteiger partial charge in [0, 0.05) is 28.4 Å². The number of nitrogens with one attached hydrogen (secondary N) is 1. The second-order valence-electron chi connectivity index (χ2n) is 6.63. The number of rotatable bonds is 3. The molecule has 1 aliphatic rings. The molecule has 1 aliphatic heterocycles. The van der Waals surface area contributed by atoms with Crippen molar-refractivity contribution in [3.63, 3.8) is 0 Å². The number of ether oxygens (including phenoxy) is 2. The van der Waals surface area contributed by atoms with Crippen LogP contribution in [0.5, 0.6) is 5.06 Å². The number of anilines is 1. The molecule has 8 heteroatoms. The topological polar surface area (TPSA) is 85.9 Å². The Kier molecular flexibility index (Phi) is 4.64. The van der Waals surface area contributed by atoms with E-state index in [0.717, 1.165) is 10.1 Å². The van der Waals surface area contributed by atoms with Crippen molar-refractivity contribution in [3.05, 3.63) is 59.9 Å². The number of hydrogen-bond donors (Lipinski definition) is 2. The number of amides is 1. The minimum atomic E-state index is -0.862. The summed E-state index contributed by atoms with van der Waals surface area (Å²) in [6.07, 6.45) is -0.176. The average Bonchev–Trinajstić information content (AvgIpc) is 3.05. The highest BCUT2D eigenvalue weighted by atomic mass is 32.1. The van der Waals surface area contributed by atoms with E-state index in [0.29, 0.717) is 29.3 Å². The zero-order valence-electron chi connectivity index (χ0n) is 15.1. The first-order chi connectivity index (χ1) is 13.4. The van der Waals surface area contributed by atoms with Crippen LogP contribution in [-0.4, -0.2) is 18.7 Å². The van der Waals surface area contributed by atoms with Gasteiger partial charge in [-0.3, -0.25) is 5.32 Å². The Labute approximate surface area is 164 Å². The lowest BCUT2D eigenvalue weighted by atomic mass is 9.88. The van der Waals surface area contributed by atoms with Crippen LogP contribution in [0.15, 0.2) is 53.5 Å². The molecule has 0 saturated carbocycles. The standard InChI is InChI=1S/C20H18FN3O3S/c1-20(8-9-26-18(22)24-20)14-11-13(6-7-15(14)21)23-19(25)27-17-10-12-4-2-3-5-16(12)28-17/h2-7,10-11H,8-9H2,1H3,(H2,22,24)(H,23,25)/t20-/m0/s1. The summed E-state index contributed by atoms with van der Waals surface area (Å²) in [5.41, 5.74) is 5.53. The van der Waals surface area contributed by atoms with Gasteiger partial charge in [-0.05, 0) is 36.6 Å². The fraction of sp³-hybridized carbons (Fsp3) is 0.200. The maximum atomic E-state index is 14.4. The smallest absolute Gasteiger partial charge is 0.417 e. The largest absolute Gasteiger partial charge is 0.465 e. The van der Waals surface area contributed by atoms with E-state index in [2.05, 4.69) is 10.3 Å². The van der Waals surface area contributed by atoms with Crippen molar-refractivity contribution in [1.29, 1.82) is 0 Å². The molecule has 1 amide bonds. The molecule has 2 heterocycles. The molecule has 0 aliphatic carbocycles. The van der Waals surface area contributed by atoms with Crippen molar-refractivity contribution in [2.24, 2.45) is 10.7 Å². The summed E-state index contributed by atoms with van der Waals surface area (Å²) in [6.45, 7) is 2.12. The van der Waals surface area contributed by atoms with E-state index in [9.17, 15) is 9.18 Å². The lowest BCUT2D eigenvalue weighted by Gasteiger charge is -2.30. The Morgan fingerprint density at radius 1 is 1.32 bits per heavy atom. The molecule has 1 aromatic heterocycles. The fourth-order valence-electron chi connectivity index (χ4n) is 3.14. The number of nitrogens with two attached hydrogens (primary N) is 1. The van der Waals surface area contributed by atoms with E-state index in [1.807, 2.05) is 24.3 Å². The molecule has 2 aromatic carbocycles. The number of aliphatic imine (C=N–C) groups is 1. The Balaban J connectivity index is 1.53. The van der Waals surface area contributed by atoms with E-state index in [1.54, 1.807) is 19.1 Å². The molecule has 6 nitrogen and oxygen atoms in total. The molecule has 0 unspecified atom stereocenters. The molecule has 1 atom stereocenters. The third kappa shape index (κ3) is 3.63. The molecule has 0 spiro atoms. The minimum Gasteiger partial charge on any atom is -0.465 e. The maximum absolute atomic E-state index is 14.4. The summed E-state index contributed by atoms with van der Waals surface area (Å²) in [5.74, 6) is -0.427. The first-order valence-corrected chi connectivity index (χ1v) is 9.50. The SMILES string of the molecule is C[C@@]1(c2cc(NC(=O)Oc3cc4ccccc4s3)ccc2F)CCOC(N)=N1. The second-order valence-corrected chi connectivity index (χ2v) is 7.68. The van der Waals surface area contributed by atoms with Gasteiger partial charge in [-0.25, -0.2) is 14.2 Å². The first-order valence-electron chi connectivity index (χ1n) is 8.68. The summed E-state index contributed by atoms with van der Waals surface area (Å²) in [5, 5.41) is 4.12. The van der Waals surface area contributed by atoms with Gasteiger partial charge in [0.25, 0.3) is 6.02 Å². The number of thiophene rings is 1. The monoisotopic (exact) mass is 399 g/mol. The third-order valence-electron chi connectivity index (χ3n) is 4.58. The van der Waals surface area contributed by atoms with E-state index in [1.165, 1.54) is 23.5 Å². The Hall–Kier alpha value is -3.13. The lowest BCUT2D eigenvalue weighted by Crippen LogP contribution is -2.34. The molecular formula is C20H18FN3O3S. The summed E-state index contributed by atoms with van der Waals surface area (Å²) in [6, 6.07) is 13.9. The number of fused-ring (bicyclic) bond motifs is 1. The molecule has 3 N–H and O–H groups in total. The van der Waals surface area contributed by atoms with E-state index < -0.39 is 17.4 Å². The molecule has 0 bridgehead atoms. The normalized spacial score (nSPS) is 19.0. The van der Waals surface area contributed by atoms with Crippen LogP contribution in [0.4, 0.5) is 14.9 Å². The molecule has 28 heavy (non-hydrogen) atoms. The number of hydrogen-bond acceptors (Lipinski definition) is 6. The molecular weight excluding hydrogens is 381 g/mol. The van der Waals surface area contributed by atoms with Crippen molar-refractivity contribution in [2.75, 3.05) is 11.9 Å². The van der Waals surface area contributed by atoms with Crippen molar-refractivity contribution in [2.45, 2.75) is 18.9 Å². The predicted molar refractivity (Wildman–Crippen MR) is 107 cm³/mol. The van der Waals surface area contributed by atoms with Gasteiger partial charge in [0.2, 0.25) is 0 Å². The zero-order valence-corrected chi connectivity index (χ0v) is 15.9. The van der Waals surface area contributed by atoms with Crippen LogP contribution in [0.25, 0.3) is 10.1 Å². The summed E-state index contributed by atoms with van der Waals surface area (Å²) in [4.78, 5) is 16.5. The van der Waals surface area contributed by atoms with Gasteiger partial charge < -0.3 is 15.2 Å². The fourth-order valence-corrected chi connectivity index (χ4v) is 4.05. The highest BCUT2D eigenvalue weighted by Gasteiger charge is 2.33. The van der Waals surface area contributed by atoms with Crippen molar-refractivity contribution < 1.29 is 18.7 Å². The number of benzene rings is 2. The number of nitrogens with zero attached hydrogens (tertiary/aromatic N) is 1. The number of carbonyl (C=O) groups is 1. The Morgan fingerprint density at radius 2 is 2.14 bits per heavy atom. The van der Waals surface area contributed by atoms with Gasteiger partial charge in [0.1, 0.15) is 5.82 Å². The van der Waals surface area contributed by atoms with E-state index in [-0.39, 0.29) is 6.02 Å². The Morgan fingerprint density at radius 3 is 2.93 bits per heavy atom. The zero-order chi connectivity index (χ0) is 19.7. The van der Waals surface area contributed by atoms with Gasteiger partial charge in [-0.1, -0.05) is 29.5 Å². The van der Waals surface area contributed by atoms with Crippen LogP contribution in [0.3, 0.4) is 0 Å². The summed E-state index contributed by atoms with van der Waals surface area (Å²) in [7, 11) is 0. The Bertz CT molecular complexity index is 1050. The number of amidine groups is 1. The molecule has 4 rings (SSSR count). The molecule has 0 fully saturated rings. The highest BCUT2D eigenvalue weighted by Crippen LogP contribution is 2.35. The predicted octanol–water partition coefficient (Wildman–Crippen LogP) is 4.60. The highest BCUT2D eigenvalue weighted by molar-refractivity contribution is 7.20. The van der Waals surface area contributed by atoms with Gasteiger partial charge in [-0.2, -0.15) is 0 Å². The molecule has 144 valence electrons. The van der Waals surface area contributed by atoms with Crippen LogP contribution in [-0.2, 0) is 10.3 Å². The lowest BCUT2D eigenvalue weighted by molar-refractivity contribution is 0.214. The average molecular weight is 399 g/mol. The molecule has 3 aromatic rings. The maximum Gasteiger partial charge on any atom is 0.417 e. The third-order valence-corrected chi connectivity index (χ3v) is 5.58. The summed E-state index contributed by atoms with van der Waals surface area (Å²) >= 11 is 1.38. The first kappa shape index (κ1) is 18.2. The number of halogens is 1. The van der Waals surface area contributed by atoms with Gasteiger partial charge >= 0.3 is 6.09 Å². The second kappa shape index (κ2) is 7.12. The molecule has 0 radical (unpaired) electrons. The quantitative estimate of drug-likeness (QED) is 0.674. The van der Waals surface area contributed by atoms with Gasteiger partial charge in [-0.15, -0.1) is 0 Å². The molecule has 0 saturated heterocycles.